The molecule has 0 aliphatic carbocycles. The number of hydrogen-bond donors (Lipinski definition) is 0. The van der Waals surface area contributed by atoms with Gasteiger partial charge >= 0.3 is 6.18 Å². The highest BCUT2D eigenvalue weighted by molar-refractivity contribution is 9.18. The smallest absolute Gasteiger partial charge is 0.255 e. The maximum absolute atomic E-state index is 12.6. The summed E-state index contributed by atoms with van der Waals surface area (Å²) in [6, 6.07) is 9.67. The summed E-state index contributed by atoms with van der Waals surface area (Å²) in [5.41, 5.74) is 1.57. The average Bonchev–Trinajstić information content (AvgIpc) is 2.59. The number of halogens is 5. The predicted octanol–water partition coefficient (Wildman–Crippen LogP) is 5.66. The standard InChI is InChI=1S/C16H8Br2F3N3/c17-14(12-6-5-9(7-22-12)16(19,20)21)15(18)13-8-23-10-3-1-2-4-11(10)24-13/h1-8H/b15-14+. The molecule has 0 amide bonds. The second-order valence-electron chi connectivity index (χ2n) is 4.80. The van der Waals surface area contributed by atoms with E-state index in [9.17, 15) is 13.2 Å². The van der Waals surface area contributed by atoms with Crippen molar-refractivity contribution in [2.75, 3.05) is 0 Å². The third kappa shape index (κ3) is 3.49. The SMILES string of the molecule is FC(F)(F)c1ccc(/C(Br)=C(\Br)c2cnc3ccccc3n2)nc1. The van der Waals surface area contributed by atoms with Crippen LogP contribution < -0.4 is 0 Å². The molecular formula is C16H8Br2F3N3. The van der Waals surface area contributed by atoms with Crippen LogP contribution in [0.1, 0.15) is 17.0 Å². The molecule has 0 saturated heterocycles. The van der Waals surface area contributed by atoms with Crippen molar-refractivity contribution in [2.45, 2.75) is 6.18 Å². The van der Waals surface area contributed by atoms with E-state index in [0.717, 1.165) is 17.8 Å². The van der Waals surface area contributed by atoms with Gasteiger partial charge in [0, 0.05) is 6.20 Å². The number of aromatic nitrogens is 3. The number of para-hydroxylation sites is 2. The monoisotopic (exact) mass is 457 g/mol. The fourth-order valence-electron chi connectivity index (χ4n) is 1.98. The molecule has 0 saturated carbocycles. The first kappa shape index (κ1) is 17.0. The van der Waals surface area contributed by atoms with E-state index in [0.29, 0.717) is 25.9 Å². The van der Waals surface area contributed by atoms with Gasteiger partial charge in [-0.2, -0.15) is 13.2 Å². The molecule has 122 valence electrons. The van der Waals surface area contributed by atoms with Gasteiger partial charge in [-0.1, -0.05) is 12.1 Å². The van der Waals surface area contributed by atoms with Gasteiger partial charge in [0.25, 0.3) is 0 Å². The van der Waals surface area contributed by atoms with E-state index in [4.69, 9.17) is 0 Å². The first-order valence-electron chi connectivity index (χ1n) is 6.67. The summed E-state index contributed by atoms with van der Waals surface area (Å²) in [6.45, 7) is 0. The number of hydrogen-bond acceptors (Lipinski definition) is 3. The van der Waals surface area contributed by atoms with Crippen LogP contribution in [0.2, 0.25) is 0 Å². The molecule has 0 unspecified atom stereocenters. The zero-order valence-electron chi connectivity index (χ0n) is 11.9. The minimum absolute atomic E-state index is 0.352. The lowest BCUT2D eigenvalue weighted by atomic mass is 10.2. The molecule has 0 radical (unpaired) electrons. The second-order valence-corrected chi connectivity index (χ2v) is 6.39. The number of nitrogens with zero attached hydrogens (tertiary/aromatic N) is 3. The summed E-state index contributed by atoms with van der Waals surface area (Å²) in [7, 11) is 0. The van der Waals surface area contributed by atoms with E-state index in [1.165, 1.54) is 6.07 Å². The third-order valence-corrected chi connectivity index (χ3v) is 5.32. The highest BCUT2D eigenvalue weighted by Crippen LogP contribution is 2.35. The van der Waals surface area contributed by atoms with Crippen molar-refractivity contribution in [2.24, 2.45) is 0 Å². The summed E-state index contributed by atoms with van der Waals surface area (Å²) >= 11 is 6.75. The summed E-state index contributed by atoms with van der Waals surface area (Å²) in [4.78, 5) is 12.6. The van der Waals surface area contributed by atoms with E-state index in [1.807, 2.05) is 24.3 Å². The Morgan fingerprint density at radius 1 is 0.792 bits per heavy atom. The van der Waals surface area contributed by atoms with Crippen LogP contribution in [0, 0.1) is 0 Å². The van der Waals surface area contributed by atoms with Gasteiger partial charge in [-0.3, -0.25) is 9.97 Å². The minimum atomic E-state index is -4.41. The Hall–Kier alpha value is -1.80. The molecule has 0 atom stereocenters. The largest absolute Gasteiger partial charge is 0.417 e. The molecule has 2 aromatic heterocycles. The third-order valence-electron chi connectivity index (χ3n) is 3.18. The number of rotatable bonds is 2. The Balaban J connectivity index is 2.00. The van der Waals surface area contributed by atoms with Crippen LogP contribution in [-0.4, -0.2) is 15.0 Å². The quantitative estimate of drug-likeness (QED) is 0.497. The first-order chi connectivity index (χ1) is 11.4. The van der Waals surface area contributed by atoms with Crippen molar-refractivity contribution < 1.29 is 13.2 Å². The van der Waals surface area contributed by atoms with Crippen molar-refractivity contribution >= 4 is 51.9 Å². The Bertz CT molecular complexity index is 922. The normalized spacial score (nSPS) is 13.0. The van der Waals surface area contributed by atoms with Gasteiger partial charge in [-0.15, -0.1) is 0 Å². The van der Waals surface area contributed by atoms with Crippen LogP contribution in [0.5, 0.6) is 0 Å². The van der Waals surface area contributed by atoms with Crippen molar-refractivity contribution in [3.05, 3.63) is 65.7 Å². The van der Waals surface area contributed by atoms with E-state index < -0.39 is 11.7 Å². The summed E-state index contributed by atoms with van der Waals surface area (Å²) in [5, 5.41) is 0. The molecule has 0 fully saturated rings. The highest BCUT2D eigenvalue weighted by Gasteiger charge is 2.30. The molecule has 24 heavy (non-hydrogen) atoms. The molecular weight excluding hydrogens is 451 g/mol. The summed E-state index contributed by atoms with van der Waals surface area (Å²) < 4.78 is 38.8. The summed E-state index contributed by atoms with van der Waals surface area (Å²) in [5.74, 6) is 0. The van der Waals surface area contributed by atoms with Crippen LogP contribution in [0.25, 0.3) is 20.0 Å². The molecule has 8 heteroatoms. The molecule has 0 spiro atoms. The maximum atomic E-state index is 12.6. The van der Waals surface area contributed by atoms with E-state index >= 15 is 0 Å². The lowest BCUT2D eigenvalue weighted by Gasteiger charge is -2.08. The van der Waals surface area contributed by atoms with Crippen LogP contribution in [-0.2, 0) is 6.18 Å². The fourth-order valence-corrected chi connectivity index (χ4v) is 2.81. The van der Waals surface area contributed by atoms with Gasteiger partial charge < -0.3 is 0 Å². The van der Waals surface area contributed by atoms with Gasteiger partial charge in [-0.05, 0) is 56.1 Å². The number of alkyl halides is 3. The molecule has 3 aromatic rings. The van der Waals surface area contributed by atoms with Crippen LogP contribution >= 0.6 is 31.9 Å². The zero-order valence-corrected chi connectivity index (χ0v) is 15.0. The second kappa shape index (κ2) is 6.60. The minimum Gasteiger partial charge on any atom is -0.255 e. The van der Waals surface area contributed by atoms with Crippen molar-refractivity contribution in [1.82, 2.24) is 15.0 Å². The van der Waals surface area contributed by atoms with E-state index in [1.54, 1.807) is 6.20 Å². The molecule has 2 heterocycles. The molecule has 1 aromatic carbocycles. The van der Waals surface area contributed by atoms with Crippen LogP contribution in [0.3, 0.4) is 0 Å². The van der Waals surface area contributed by atoms with Gasteiger partial charge in [-0.25, -0.2) is 4.98 Å². The molecule has 3 nitrogen and oxygen atoms in total. The predicted molar refractivity (Wildman–Crippen MR) is 93.4 cm³/mol. The number of fused-ring (bicyclic) bond motifs is 1. The Labute approximate surface area is 151 Å². The maximum Gasteiger partial charge on any atom is 0.417 e. The molecule has 0 aliphatic heterocycles. The Kier molecular flexibility index (Phi) is 4.69. The molecule has 0 N–H and O–H groups in total. The number of pyridine rings is 1. The van der Waals surface area contributed by atoms with Crippen molar-refractivity contribution in [3.8, 4) is 0 Å². The van der Waals surface area contributed by atoms with Crippen molar-refractivity contribution in [3.63, 3.8) is 0 Å². The van der Waals surface area contributed by atoms with Gasteiger partial charge in [0.2, 0.25) is 0 Å². The fraction of sp³-hybridized carbons (Fsp3) is 0.0625. The van der Waals surface area contributed by atoms with Gasteiger partial charge in [0.1, 0.15) is 0 Å². The van der Waals surface area contributed by atoms with Gasteiger partial charge in [0.05, 0.1) is 43.1 Å². The Morgan fingerprint density at radius 3 is 2.08 bits per heavy atom. The Morgan fingerprint density at radius 2 is 1.46 bits per heavy atom. The lowest BCUT2D eigenvalue weighted by Crippen LogP contribution is -2.05. The average molecular weight is 459 g/mol. The lowest BCUT2D eigenvalue weighted by molar-refractivity contribution is -0.137. The van der Waals surface area contributed by atoms with Crippen LogP contribution in [0.15, 0.2) is 48.8 Å². The zero-order chi connectivity index (χ0) is 17.3. The van der Waals surface area contributed by atoms with E-state index in [-0.39, 0.29) is 0 Å². The highest BCUT2D eigenvalue weighted by atomic mass is 79.9. The summed E-state index contributed by atoms with van der Waals surface area (Å²) in [6.07, 6.45) is -2.04. The molecule has 3 rings (SSSR count). The topological polar surface area (TPSA) is 38.7 Å². The van der Waals surface area contributed by atoms with Crippen LogP contribution in [0.4, 0.5) is 13.2 Å². The molecule has 0 bridgehead atoms. The number of benzene rings is 1. The van der Waals surface area contributed by atoms with E-state index in [2.05, 4.69) is 46.8 Å². The first-order valence-corrected chi connectivity index (χ1v) is 8.26. The van der Waals surface area contributed by atoms with Gasteiger partial charge in [0.15, 0.2) is 0 Å². The molecule has 0 aliphatic rings. The van der Waals surface area contributed by atoms with Crippen molar-refractivity contribution in [1.29, 1.82) is 0 Å².